The van der Waals surface area contributed by atoms with Gasteiger partial charge in [-0.1, -0.05) is 56.7 Å². The van der Waals surface area contributed by atoms with Gasteiger partial charge in [-0.2, -0.15) is 0 Å². The first kappa shape index (κ1) is 13.4. The fourth-order valence-corrected chi connectivity index (χ4v) is 1.09. The van der Waals surface area contributed by atoms with E-state index in [0.29, 0.717) is 0 Å². The van der Waals surface area contributed by atoms with E-state index in [0.717, 1.165) is 23.3 Å². The number of rotatable bonds is 7. The SMILES string of the molecule is C=C/C=C\C(=C)C(=C)/C(=C\C=C)CNC. The summed E-state index contributed by atoms with van der Waals surface area (Å²) >= 11 is 0. The molecule has 80 valence electrons. The molecule has 0 amide bonds. The average molecular weight is 201 g/mol. The van der Waals surface area contributed by atoms with Crippen molar-refractivity contribution in [1.82, 2.24) is 5.32 Å². The first-order valence-electron chi connectivity index (χ1n) is 4.81. The van der Waals surface area contributed by atoms with E-state index in [-0.39, 0.29) is 0 Å². The van der Waals surface area contributed by atoms with Crippen molar-refractivity contribution in [3.05, 3.63) is 73.4 Å². The van der Waals surface area contributed by atoms with Gasteiger partial charge in [0.2, 0.25) is 0 Å². The second kappa shape index (κ2) is 7.77. The zero-order valence-corrected chi connectivity index (χ0v) is 9.42. The van der Waals surface area contributed by atoms with E-state index in [4.69, 9.17) is 0 Å². The predicted molar refractivity (Wildman–Crippen MR) is 69.8 cm³/mol. The Bertz CT molecular complexity index is 316. The minimum Gasteiger partial charge on any atom is -0.316 e. The molecule has 1 nitrogen and oxygen atoms in total. The van der Waals surface area contributed by atoms with Gasteiger partial charge in [0.15, 0.2) is 0 Å². The van der Waals surface area contributed by atoms with Gasteiger partial charge in [-0.05, 0) is 23.8 Å². The van der Waals surface area contributed by atoms with E-state index in [9.17, 15) is 0 Å². The van der Waals surface area contributed by atoms with Crippen LogP contribution in [0.15, 0.2) is 73.4 Å². The van der Waals surface area contributed by atoms with Crippen molar-refractivity contribution in [2.24, 2.45) is 0 Å². The van der Waals surface area contributed by atoms with E-state index in [1.165, 1.54) is 0 Å². The van der Waals surface area contributed by atoms with Gasteiger partial charge < -0.3 is 5.32 Å². The third-order valence-electron chi connectivity index (χ3n) is 1.89. The summed E-state index contributed by atoms with van der Waals surface area (Å²) < 4.78 is 0. The number of hydrogen-bond donors (Lipinski definition) is 1. The standard InChI is InChI=1S/C14H19N/c1-6-8-10-12(3)13(4)14(9-7-2)11-15-5/h6-10,15H,1-4,11H2,5H3/b10-8-,14-9-. The van der Waals surface area contributed by atoms with Crippen LogP contribution in [0.4, 0.5) is 0 Å². The Morgan fingerprint density at radius 3 is 2.33 bits per heavy atom. The molecule has 0 aliphatic heterocycles. The maximum Gasteiger partial charge on any atom is 0.0208 e. The molecule has 0 aromatic heterocycles. The topological polar surface area (TPSA) is 12.0 Å². The number of allylic oxidation sites excluding steroid dienone is 6. The molecule has 0 heterocycles. The lowest BCUT2D eigenvalue weighted by atomic mass is 10.00. The molecule has 0 bridgehead atoms. The minimum atomic E-state index is 0.756. The molecule has 0 saturated carbocycles. The van der Waals surface area contributed by atoms with Crippen molar-refractivity contribution in [1.29, 1.82) is 0 Å². The molecule has 0 aromatic rings. The lowest BCUT2D eigenvalue weighted by Crippen LogP contribution is -2.12. The van der Waals surface area contributed by atoms with Crippen LogP contribution in [0.1, 0.15) is 0 Å². The fourth-order valence-electron chi connectivity index (χ4n) is 1.09. The fraction of sp³-hybridized carbons (Fsp3) is 0.143. The molecular formula is C14H19N. The van der Waals surface area contributed by atoms with Crippen LogP contribution in [0.25, 0.3) is 0 Å². The summed E-state index contributed by atoms with van der Waals surface area (Å²) in [4.78, 5) is 0. The molecule has 0 spiro atoms. The van der Waals surface area contributed by atoms with Crippen LogP contribution in [0.5, 0.6) is 0 Å². The van der Waals surface area contributed by atoms with Crippen LogP contribution in [0.2, 0.25) is 0 Å². The highest BCUT2D eigenvalue weighted by atomic mass is 14.8. The molecule has 0 radical (unpaired) electrons. The summed E-state index contributed by atoms with van der Waals surface area (Å²) in [6.07, 6.45) is 9.14. The van der Waals surface area contributed by atoms with Crippen molar-refractivity contribution >= 4 is 0 Å². The average Bonchev–Trinajstić information content (AvgIpc) is 2.24. The molecule has 0 saturated heterocycles. The predicted octanol–water partition coefficient (Wildman–Crippen LogP) is 3.17. The second-order valence-electron chi connectivity index (χ2n) is 3.06. The maximum atomic E-state index is 4.00. The van der Waals surface area contributed by atoms with Gasteiger partial charge in [0.25, 0.3) is 0 Å². The summed E-state index contributed by atoms with van der Waals surface area (Å²) in [7, 11) is 1.90. The van der Waals surface area contributed by atoms with Crippen LogP contribution >= 0.6 is 0 Å². The van der Waals surface area contributed by atoms with Gasteiger partial charge in [0, 0.05) is 6.54 Å². The molecule has 0 aromatic carbocycles. The Labute approximate surface area is 92.9 Å². The maximum absolute atomic E-state index is 4.00. The Hall–Kier alpha value is -1.60. The molecule has 0 aliphatic carbocycles. The lowest BCUT2D eigenvalue weighted by Gasteiger charge is -2.09. The van der Waals surface area contributed by atoms with Crippen molar-refractivity contribution in [2.45, 2.75) is 0 Å². The number of likely N-dealkylation sites (N-methyl/N-ethyl adjacent to an activating group) is 1. The Kier molecular flexibility index (Phi) is 6.94. The number of hydrogen-bond acceptors (Lipinski definition) is 1. The van der Waals surface area contributed by atoms with Crippen LogP contribution in [0, 0.1) is 0 Å². The highest BCUT2D eigenvalue weighted by Gasteiger charge is 2.02. The molecule has 1 heteroatoms. The van der Waals surface area contributed by atoms with E-state index in [1.807, 2.05) is 25.3 Å². The van der Waals surface area contributed by atoms with Gasteiger partial charge in [-0.25, -0.2) is 0 Å². The smallest absolute Gasteiger partial charge is 0.0208 e. The molecule has 0 atom stereocenters. The Morgan fingerprint density at radius 1 is 1.20 bits per heavy atom. The molecule has 15 heavy (non-hydrogen) atoms. The number of nitrogens with one attached hydrogen (secondary N) is 1. The van der Waals surface area contributed by atoms with Gasteiger partial charge in [0.05, 0.1) is 0 Å². The van der Waals surface area contributed by atoms with E-state index in [2.05, 4.69) is 31.6 Å². The summed E-state index contributed by atoms with van der Waals surface area (Å²) in [5.74, 6) is 0. The second-order valence-corrected chi connectivity index (χ2v) is 3.06. The first-order chi connectivity index (χ1) is 7.17. The summed E-state index contributed by atoms with van der Waals surface area (Å²) in [6.45, 7) is 16.0. The minimum absolute atomic E-state index is 0.756. The highest BCUT2D eigenvalue weighted by molar-refractivity contribution is 5.50. The zero-order valence-electron chi connectivity index (χ0n) is 9.42. The summed E-state index contributed by atoms with van der Waals surface area (Å²) in [5, 5.41) is 3.08. The lowest BCUT2D eigenvalue weighted by molar-refractivity contribution is 0.888. The van der Waals surface area contributed by atoms with Gasteiger partial charge in [-0.15, -0.1) is 0 Å². The Morgan fingerprint density at radius 2 is 1.87 bits per heavy atom. The normalized spacial score (nSPS) is 11.4. The third-order valence-corrected chi connectivity index (χ3v) is 1.89. The quantitative estimate of drug-likeness (QED) is 0.624. The zero-order chi connectivity index (χ0) is 11.7. The van der Waals surface area contributed by atoms with E-state index < -0.39 is 0 Å². The van der Waals surface area contributed by atoms with Crippen molar-refractivity contribution in [3.8, 4) is 0 Å². The molecule has 0 aliphatic rings. The van der Waals surface area contributed by atoms with E-state index in [1.54, 1.807) is 12.2 Å². The third kappa shape index (κ3) is 4.99. The Balaban J connectivity index is 4.71. The van der Waals surface area contributed by atoms with Crippen molar-refractivity contribution in [3.63, 3.8) is 0 Å². The van der Waals surface area contributed by atoms with Crippen LogP contribution in [-0.2, 0) is 0 Å². The summed E-state index contributed by atoms with van der Waals surface area (Å²) in [5.41, 5.74) is 2.90. The molecular weight excluding hydrogens is 182 g/mol. The molecule has 0 unspecified atom stereocenters. The highest BCUT2D eigenvalue weighted by Crippen LogP contribution is 2.16. The van der Waals surface area contributed by atoms with Crippen molar-refractivity contribution < 1.29 is 0 Å². The molecule has 0 rings (SSSR count). The van der Waals surface area contributed by atoms with Crippen LogP contribution < -0.4 is 5.32 Å². The molecule has 0 fully saturated rings. The largest absolute Gasteiger partial charge is 0.316 e. The van der Waals surface area contributed by atoms with Crippen LogP contribution in [-0.4, -0.2) is 13.6 Å². The first-order valence-corrected chi connectivity index (χ1v) is 4.81. The van der Waals surface area contributed by atoms with Gasteiger partial charge in [-0.3, -0.25) is 0 Å². The van der Waals surface area contributed by atoms with Gasteiger partial charge in [0.1, 0.15) is 0 Å². The summed E-state index contributed by atoms with van der Waals surface area (Å²) in [6, 6.07) is 0. The molecule has 1 N–H and O–H groups in total. The van der Waals surface area contributed by atoms with Crippen molar-refractivity contribution in [2.75, 3.05) is 13.6 Å². The monoisotopic (exact) mass is 201 g/mol. The van der Waals surface area contributed by atoms with E-state index >= 15 is 0 Å². The van der Waals surface area contributed by atoms with Gasteiger partial charge >= 0.3 is 0 Å². The van der Waals surface area contributed by atoms with Crippen LogP contribution in [0.3, 0.4) is 0 Å².